The van der Waals surface area contributed by atoms with Crippen LogP contribution in [0.25, 0.3) is 11.3 Å². The molecule has 2 aromatic rings. The van der Waals surface area contributed by atoms with E-state index in [0.29, 0.717) is 6.42 Å². The van der Waals surface area contributed by atoms with Crippen molar-refractivity contribution >= 4 is 11.7 Å². The molecule has 0 bridgehead atoms. The Kier molecular flexibility index (Phi) is 6.11. The minimum absolute atomic E-state index is 0.240. The number of rotatable bonds is 6. The first-order chi connectivity index (χ1) is 13.2. The van der Waals surface area contributed by atoms with Crippen LogP contribution in [0, 0.1) is 0 Å². The second kappa shape index (κ2) is 8.70. The number of carbonyl (C=O) groups excluding carboxylic acids is 1. The van der Waals surface area contributed by atoms with E-state index in [1.54, 1.807) is 14.2 Å². The highest BCUT2D eigenvalue weighted by Gasteiger charge is 2.21. The van der Waals surface area contributed by atoms with Gasteiger partial charge in [-0.05, 0) is 36.8 Å². The zero-order valence-corrected chi connectivity index (χ0v) is 16.1. The highest BCUT2D eigenvalue weighted by atomic mass is 16.5. The lowest BCUT2D eigenvalue weighted by molar-refractivity contribution is -0.131. The fourth-order valence-corrected chi connectivity index (χ4v) is 3.21. The average molecular weight is 370 g/mol. The summed E-state index contributed by atoms with van der Waals surface area (Å²) in [6, 6.07) is 9.50. The number of benzene rings is 1. The summed E-state index contributed by atoms with van der Waals surface area (Å²) in [5.41, 5.74) is 1.57. The van der Waals surface area contributed by atoms with Gasteiger partial charge in [0.05, 0.1) is 19.9 Å². The maximum atomic E-state index is 12.0. The lowest BCUT2D eigenvalue weighted by atomic mass is 10.1. The molecule has 0 spiro atoms. The Labute approximate surface area is 159 Å². The summed E-state index contributed by atoms with van der Waals surface area (Å²) in [5.74, 6) is 2.53. The predicted octanol–water partition coefficient (Wildman–Crippen LogP) is 2.61. The molecule has 144 valence electrons. The van der Waals surface area contributed by atoms with Gasteiger partial charge in [-0.15, -0.1) is 10.2 Å². The predicted molar refractivity (Wildman–Crippen MR) is 104 cm³/mol. The number of ether oxygens (including phenoxy) is 2. The minimum Gasteiger partial charge on any atom is -0.497 e. The third-order valence-corrected chi connectivity index (χ3v) is 4.75. The number of hydrogen-bond acceptors (Lipinski definition) is 6. The second-order valence-corrected chi connectivity index (χ2v) is 6.46. The lowest BCUT2D eigenvalue weighted by Gasteiger charge is -2.35. The summed E-state index contributed by atoms with van der Waals surface area (Å²) in [6.07, 6.45) is 1.51. The van der Waals surface area contributed by atoms with Gasteiger partial charge in [0, 0.05) is 38.2 Å². The number of methoxy groups -OCH3 is 2. The quantitative estimate of drug-likeness (QED) is 0.779. The third kappa shape index (κ3) is 4.30. The normalized spacial score (nSPS) is 14.2. The number of aromatic nitrogens is 2. The van der Waals surface area contributed by atoms with Crippen LogP contribution in [0.3, 0.4) is 0 Å². The van der Waals surface area contributed by atoms with Gasteiger partial charge in [0.15, 0.2) is 5.82 Å². The van der Waals surface area contributed by atoms with Crippen LogP contribution in [0.2, 0.25) is 0 Å². The Morgan fingerprint density at radius 3 is 2.41 bits per heavy atom. The summed E-state index contributed by atoms with van der Waals surface area (Å²) in [6.45, 7) is 5.03. The number of nitrogens with zero attached hydrogens (tertiary/aromatic N) is 4. The van der Waals surface area contributed by atoms with E-state index in [1.807, 2.05) is 42.2 Å². The van der Waals surface area contributed by atoms with Crippen LogP contribution < -0.4 is 14.4 Å². The zero-order valence-electron chi connectivity index (χ0n) is 16.1. The highest BCUT2D eigenvalue weighted by Crippen LogP contribution is 2.32. The molecule has 1 aliphatic rings. The highest BCUT2D eigenvalue weighted by molar-refractivity contribution is 5.76. The summed E-state index contributed by atoms with van der Waals surface area (Å²) < 4.78 is 10.7. The minimum atomic E-state index is 0.240. The van der Waals surface area contributed by atoms with E-state index >= 15 is 0 Å². The molecule has 1 aromatic carbocycles. The Balaban J connectivity index is 1.71. The van der Waals surface area contributed by atoms with Crippen LogP contribution in [0.4, 0.5) is 5.82 Å². The van der Waals surface area contributed by atoms with Crippen LogP contribution in [0.5, 0.6) is 11.5 Å². The number of piperazine rings is 1. The fourth-order valence-electron chi connectivity index (χ4n) is 3.21. The standard InChI is InChI=1S/C20H26N4O3/c1-4-5-20(25)24-12-10-23(11-13-24)19-9-7-17(21-22-19)16-14-15(26-2)6-8-18(16)27-3/h6-9,14H,4-5,10-13H2,1-3H3. The molecule has 27 heavy (non-hydrogen) atoms. The van der Waals surface area contributed by atoms with E-state index in [-0.39, 0.29) is 5.91 Å². The van der Waals surface area contributed by atoms with Gasteiger partial charge < -0.3 is 19.3 Å². The van der Waals surface area contributed by atoms with E-state index in [0.717, 1.165) is 61.2 Å². The number of hydrogen-bond donors (Lipinski definition) is 0. The molecule has 1 aliphatic heterocycles. The second-order valence-electron chi connectivity index (χ2n) is 6.46. The van der Waals surface area contributed by atoms with Crippen LogP contribution in [-0.2, 0) is 4.79 Å². The van der Waals surface area contributed by atoms with Gasteiger partial charge in [-0.3, -0.25) is 4.79 Å². The molecule has 0 unspecified atom stereocenters. The molecule has 1 saturated heterocycles. The molecular formula is C20H26N4O3. The molecule has 0 saturated carbocycles. The zero-order chi connectivity index (χ0) is 19.2. The Hall–Kier alpha value is -2.83. The number of amides is 1. The monoisotopic (exact) mass is 370 g/mol. The third-order valence-electron chi connectivity index (χ3n) is 4.75. The van der Waals surface area contributed by atoms with Crippen molar-refractivity contribution in [3.8, 4) is 22.8 Å². The van der Waals surface area contributed by atoms with Crippen molar-refractivity contribution in [3.63, 3.8) is 0 Å². The summed E-state index contributed by atoms with van der Waals surface area (Å²) in [7, 11) is 3.26. The first-order valence-corrected chi connectivity index (χ1v) is 9.25. The fraction of sp³-hybridized carbons (Fsp3) is 0.450. The van der Waals surface area contributed by atoms with Gasteiger partial charge >= 0.3 is 0 Å². The van der Waals surface area contributed by atoms with E-state index < -0.39 is 0 Å². The van der Waals surface area contributed by atoms with Crippen LogP contribution in [0.1, 0.15) is 19.8 Å². The van der Waals surface area contributed by atoms with Crippen LogP contribution in [-0.4, -0.2) is 61.4 Å². The van der Waals surface area contributed by atoms with Gasteiger partial charge in [0.1, 0.15) is 11.5 Å². The van der Waals surface area contributed by atoms with Crippen molar-refractivity contribution in [3.05, 3.63) is 30.3 Å². The summed E-state index contributed by atoms with van der Waals surface area (Å²) in [5, 5.41) is 8.78. The van der Waals surface area contributed by atoms with Crippen molar-refractivity contribution in [2.24, 2.45) is 0 Å². The van der Waals surface area contributed by atoms with Crippen LogP contribution >= 0.6 is 0 Å². The van der Waals surface area contributed by atoms with Crippen LogP contribution in [0.15, 0.2) is 30.3 Å². The average Bonchev–Trinajstić information content (AvgIpc) is 2.73. The molecule has 1 amide bonds. The maximum Gasteiger partial charge on any atom is 0.222 e. The van der Waals surface area contributed by atoms with Crippen molar-refractivity contribution in [1.82, 2.24) is 15.1 Å². The molecule has 0 radical (unpaired) electrons. The van der Waals surface area contributed by atoms with Gasteiger partial charge in [0.25, 0.3) is 0 Å². The number of carbonyl (C=O) groups is 1. The molecule has 1 aromatic heterocycles. The number of anilines is 1. The van der Waals surface area contributed by atoms with Gasteiger partial charge in [-0.1, -0.05) is 6.92 Å². The molecule has 7 heteroatoms. The molecule has 1 fully saturated rings. The van der Waals surface area contributed by atoms with Gasteiger partial charge in [-0.2, -0.15) is 0 Å². The van der Waals surface area contributed by atoms with Crippen molar-refractivity contribution < 1.29 is 14.3 Å². The Morgan fingerprint density at radius 1 is 1.04 bits per heavy atom. The molecule has 3 rings (SSSR count). The molecule has 0 atom stereocenters. The first-order valence-electron chi connectivity index (χ1n) is 9.25. The van der Waals surface area contributed by atoms with Gasteiger partial charge in [0.2, 0.25) is 5.91 Å². The molecule has 0 aliphatic carbocycles. The SMILES string of the molecule is CCCC(=O)N1CCN(c2ccc(-c3cc(OC)ccc3OC)nn2)CC1. The smallest absolute Gasteiger partial charge is 0.222 e. The topological polar surface area (TPSA) is 67.8 Å². The molecule has 2 heterocycles. The van der Waals surface area contributed by atoms with E-state index in [4.69, 9.17) is 9.47 Å². The molecule has 7 nitrogen and oxygen atoms in total. The van der Waals surface area contributed by atoms with E-state index in [2.05, 4.69) is 15.1 Å². The van der Waals surface area contributed by atoms with Crippen molar-refractivity contribution in [1.29, 1.82) is 0 Å². The van der Waals surface area contributed by atoms with E-state index in [9.17, 15) is 4.79 Å². The van der Waals surface area contributed by atoms with Crippen molar-refractivity contribution in [2.75, 3.05) is 45.3 Å². The Morgan fingerprint density at radius 2 is 1.81 bits per heavy atom. The first kappa shape index (κ1) is 18.9. The Bertz CT molecular complexity index is 771. The largest absolute Gasteiger partial charge is 0.497 e. The van der Waals surface area contributed by atoms with Gasteiger partial charge in [-0.25, -0.2) is 0 Å². The molecule has 0 N–H and O–H groups in total. The summed E-state index contributed by atoms with van der Waals surface area (Å²) in [4.78, 5) is 16.1. The lowest BCUT2D eigenvalue weighted by Crippen LogP contribution is -2.49. The maximum absolute atomic E-state index is 12.0. The summed E-state index contributed by atoms with van der Waals surface area (Å²) >= 11 is 0. The molecular weight excluding hydrogens is 344 g/mol. The van der Waals surface area contributed by atoms with Crippen molar-refractivity contribution in [2.45, 2.75) is 19.8 Å². The van der Waals surface area contributed by atoms with E-state index in [1.165, 1.54) is 0 Å².